The van der Waals surface area contributed by atoms with E-state index in [1.807, 2.05) is 11.9 Å². The van der Waals surface area contributed by atoms with Crippen molar-refractivity contribution in [2.24, 2.45) is 5.92 Å². The second-order valence-electron chi connectivity index (χ2n) is 4.65. The van der Waals surface area contributed by atoms with Gasteiger partial charge in [0.05, 0.1) is 18.5 Å². The fourth-order valence-corrected chi connectivity index (χ4v) is 1.60. The van der Waals surface area contributed by atoms with Crippen molar-refractivity contribution in [1.82, 2.24) is 4.98 Å². The second kappa shape index (κ2) is 5.82. The number of carboxylic acids is 1. The molecule has 1 saturated carbocycles. The van der Waals surface area contributed by atoms with Crippen LogP contribution >= 0.6 is 0 Å². The largest absolute Gasteiger partial charge is 0.477 e. The Morgan fingerprint density at radius 2 is 2.33 bits per heavy atom. The molecular formula is C13H18N2O3. The number of carbonyl (C=O) groups is 1. The summed E-state index contributed by atoms with van der Waals surface area (Å²) in [5.41, 5.74) is 0.965. The predicted molar refractivity (Wildman–Crippen MR) is 68.0 cm³/mol. The van der Waals surface area contributed by atoms with Gasteiger partial charge in [-0.25, -0.2) is 9.78 Å². The van der Waals surface area contributed by atoms with Gasteiger partial charge in [0.2, 0.25) is 0 Å². The van der Waals surface area contributed by atoms with Crippen LogP contribution in [0.3, 0.4) is 0 Å². The van der Waals surface area contributed by atoms with Crippen molar-refractivity contribution in [1.29, 1.82) is 0 Å². The molecule has 0 radical (unpaired) electrons. The molecule has 98 valence electrons. The van der Waals surface area contributed by atoms with E-state index in [0.717, 1.165) is 24.8 Å². The van der Waals surface area contributed by atoms with Gasteiger partial charge in [-0.1, -0.05) is 0 Å². The summed E-state index contributed by atoms with van der Waals surface area (Å²) < 4.78 is 5.56. The lowest BCUT2D eigenvalue weighted by Crippen LogP contribution is -2.23. The third-order valence-electron chi connectivity index (χ3n) is 3.03. The van der Waals surface area contributed by atoms with Crippen LogP contribution in [0.4, 0.5) is 5.69 Å². The van der Waals surface area contributed by atoms with Crippen LogP contribution in [0.25, 0.3) is 0 Å². The van der Waals surface area contributed by atoms with E-state index in [1.165, 1.54) is 18.9 Å². The molecule has 2 rings (SSSR count). The van der Waals surface area contributed by atoms with Crippen LogP contribution in [0.15, 0.2) is 18.3 Å². The number of carboxylic acid groups (broad SMARTS) is 1. The summed E-state index contributed by atoms with van der Waals surface area (Å²) in [5, 5.41) is 8.75. The van der Waals surface area contributed by atoms with Gasteiger partial charge in [0.25, 0.3) is 0 Å². The monoisotopic (exact) mass is 250 g/mol. The summed E-state index contributed by atoms with van der Waals surface area (Å²) in [6, 6.07) is 3.27. The first-order valence-corrected chi connectivity index (χ1v) is 6.15. The van der Waals surface area contributed by atoms with Gasteiger partial charge in [-0.05, 0) is 30.9 Å². The van der Waals surface area contributed by atoms with Crippen molar-refractivity contribution < 1.29 is 14.6 Å². The number of rotatable bonds is 7. The topological polar surface area (TPSA) is 62.7 Å². The van der Waals surface area contributed by atoms with Gasteiger partial charge in [-0.3, -0.25) is 0 Å². The average molecular weight is 250 g/mol. The second-order valence-corrected chi connectivity index (χ2v) is 4.65. The molecule has 1 aromatic rings. The van der Waals surface area contributed by atoms with Gasteiger partial charge in [0.15, 0.2) is 0 Å². The molecule has 0 amide bonds. The minimum Gasteiger partial charge on any atom is -0.477 e. The van der Waals surface area contributed by atoms with Gasteiger partial charge < -0.3 is 14.7 Å². The number of likely N-dealkylation sites (N-methyl/N-ethyl adjacent to an activating group) is 1. The van der Waals surface area contributed by atoms with Crippen molar-refractivity contribution in [3.8, 4) is 0 Å². The van der Waals surface area contributed by atoms with E-state index in [4.69, 9.17) is 9.84 Å². The number of aromatic carboxylic acids is 1. The molecule has 5 heteroatoms. The lowest BCUT2D eigenvalue weighted by atomic mass is 10.3. The van der Waals surface area contributed by atoms with Crippen LogP contribution in [0.2, 0.25) is 0 Å². The number of hydrogen-bond donors (Lipinski definition) is 1. The SMILES string of the molecule is CN(CCOCC1CC1)c1ccc(C(=O)O)nc1. The van der Waals surface area contributed by atoms with Gasteiger partial charge in [0, 0.05) is 20.2 Å². The zero-order chi connectivity index (χ0) is 13.0. The predicted octanol–water partition coefficient (Wildman–Crippen LogP) is 1.64. The Balaban J connectivity index is 1.76. The van der Waals surface area contributed by atoms with Crippen molar-refractivity contribution >= 4 is 11.7 Å². The first kappa shape index (κ1) is 12.8. The molecule has 0 aliphatic heterocycles. The van der Waals surface area contributed by atoms with Crippen LogP contribution < -0.4 is 4.90 Å². The molecule has 0 aromatic carbocycles. The maximum Gasteiger partial charge on any atom is 0.354 e. The van der Waals surface area contributed by atoms with Gasteiger partial charge in [-0.2, -0.15) is 0 Å². The molecule has 0 bridgehead atoms. The maximum absolute atomic E-state index is 10.7. The summed E-state index contributed by atoms with van der Waals surface area (Å²) in [6.45, 7) is 2.33. The van der Waals surface area contributed by atoms with Crippen LogP contribution in [-0.2, 0) is 4.74 Å². The number of aromatic nitrogens is 1. The zero-order valence-corrected chi connectivity index (χ0v) is 10.5. The molecule has 1 aliphatic carbocycles. The molecule has 0 unspecified atom stereocenters. The maximum atomic E-state index is 10.7. The normalized spacial score (nSPS) is 14.5. The lowest BCUT2D eigenvalue weighted by molar-refractivity contribution is 0.0690. The van der Waals surface area contributed by atoms with Crippen LogP contribution in [0, 0.1) is 5.92 Å². The number of hydrogen-bond acceptors (Lipinski definition) is 4. The van der Waals surface area contributed by atoms with Gasteiger partial charge in [0.1, 0.15) is 5.69 Å². The minimum absolute atomic E-state index is 0.0668. The highest BCUT2D eigenvalue weighted by Crippen LogP contribution is 2.28. The van der Waals surface area contributed by atoms with Crippen LogP contribution in [0.1, 0.15) is 23.3 Å². The smallest absolute Gasteiger partial charge is 0.354 e. The Morgan fingerprint density at radius 1 is 1.56 bits per heavy atom. The first-order valence-electron chi connectivity index (χ1n) is 6.15. The van der Waals surface area contributed by atoms with Gasteiger partial charge >= 0.3 is 5.97 Å². The fraction of sp³-hybridized carbons (Fsp3) is 0.538. The molecular weight excluding hydrogens is 232 g/mol. The summed E-state index contributed by atoms with van der Waals surface area (Å²) in [7, 11) is 1.94. The van der Waals surface area contributed by atoms with Crippen LogP contribution in [0.5, 0.6) is 0 Å². The number of anilines is 1. The standard InChI is InChI=1S/C13H18N2O3/c1-15(6-7-18-9-10-2-3-10)11-4-5-12(13(16)17)14-8-11/h4-5,8,10H,2-3,6-7,9H2,1H3,(H,16,17). The molecule has 1 fully saturated rings. The Morgan fingerprint density at radius 3 is 2.89 bits per heavy atom. The van der Waals surface area contributed by atoms with Crippen molar-refractivity contribution in [3.63, 3.8) is 0 Å². The highest BCUT2D eigenvalue weighted by Gasteiger charge is 2.20. The Bertz CT molecular complexity index is 401. The number of pyridine rings is 1. The summed E-state index contributed by atoms with van der Waals surface area (Å²) in [5.74, 6) is -0.219. The lowest BCUT2D eigenvalue weighted by Gasteiger charge is -2.18. The highest BCUT2D eigenvalue weighted by molar-refractivity contribution is 5.85. The number of ether oxygens (including phenoxy) is 1. The molecule has 1 heterocycles. The van der Waals surface area contributed by atoms with E-state index in [1.54, 1.807) is 12.3 Å². The third-order valence-corrected chi connectivity index (χ3v) is 3.03. The van der Waals surface area contributed by atoms with E-state index < -0.39 is 5.97 Å². The van der Waals surface area contributed by atoms with Gasteiger partial charge in [-0.15, -0.1) is 0 Å². The highest BCUT2D eigenvalue weighted by atomic mass is 16.5. The molecule has 5 nitrogen and oxygen atoms in total. The Hall–Kier alpha value is -1.62. The van der Waals surface area contributed by atoms with E-state index in [-0.39, 0.29) is 5.69 Å². The Kier molecular flexibility index (Phi) is 4.15. The Labute approximate surface area is 106 Å². The summed E-state index contributed by atoms with van der Waals surface area (Å²) >= 11 is 0. The van der Waals surface area contributed by atoms with Crippen molar-refractivity contribution in [2.45, 2.75) is 12.8 Å². The average Bonchev–Trinajstić information content (AvgIpc) is 3.18. The third kappa shape index (κ3) is 3.70. The number of nitrogens with zero attached hydrogens (tertiary/aromatic N) is 2. The summed E-state index contributed by atoms with van der Waals surface area (Å²) in [4.78, 5) is 16.6. The molecule has 1 aromatic heterocycles. The molecule has 18 heavy (non-hydrogen) atoms. The minimum atomic E-state index is -1.00. The molecule has 1 N–H and O–H groups in total. The van der Waals surface area contributed by atoms with Crippen molar-refractivity contribution in [3.05, 3.63) is 24.0 Å². The fourth-order valence-electron chi connectivity index (χ4n) is 1.60. The zero-order valence-electron chi connectivity index (χ0n) is 10.5. The molecule has 0 atom stereocenters. The van der Waals surface area contributed by atoms with Crippen molar-refractivity contribution in [2.75, 3.05) is 31.7 Å². The molecule has 0 saturated heterocycles. The van der Waals surface area contributed by atoms with E-state index in [0.29, 0.717) is 6.61 Å². The van der Waals surface area contributed by atoms with E-state index in [2.05, 4.69) is 4.98 Å². The molecule has 0 spiro atoms. The quantitative estimate of drug-likeness (QED) is 0.745. The van der Waals surface area contributed by atoms with E-state index >= 15 is 0 Å². The van der Waals surface area contributed by atoms with E-state index in [9.17, 15) is 4.79 Å². The first-order chi connectivity index (χ1) is 8.66. The summed E-state index contributed by atoms with van der Waals surface area (Å²) in [6.07, 6.45) is 4.18. The molecule has 1 aliphatic rings. The van der Waals surface area contributed by atoms with Crippen LogP contribution in [-0.4, -0.2) is 42.9 Å².